The van der Waals surface area contributed by atoms with Gasteiger partial charge in [0.25, 0.3) is 5.91 Å². The molecule has 2 fully saturated rings. The van der Waals surface area contributed by atoms with Crippen molar-refractivity contribution in [2.45, 2.75) is 39.5 Å². The van der Waals surface area contributed by atoms with Crippen molar-refractivity contribution in [3.05, 3.63) is 35.4 Å². The number of rotatable bonds is 4. The third-order valence-corrected chi connectivity index (χ3v) is 6.09. The molecule has 1 atom stereocenters. The summed E-state index contributed by atoms with van der Waals surface area (Å²) in [6, 6.07) is 7.75. The fourth-order valence-electron chi connectivity index (χ4n) is 4.32. The molecule has 1 unspecified atom stereocenters. The van der Waals surface area contributed by atoms with E-state index in [1.807, 2.05) is 41.0 Å². The predicted octanol–water partition coefficient (Wildman–Crippen LogP) is 3.12. The van der Waals surface area contributed by atoms with E-state index in [0.29, 0.717) is 31.3 Å². The monoisotopic (exact) mass is 407 g/mol. The van der Waals surface area contributed by atoms with E-state index in [9.17, 15) is 9.59 Å². The maximum absolute atomic E-state index is 12.8. The first-order valence-corrected chi connectivity index (χ1v) is 10.4. The van der Waals surface area contributed by atoms with E-state index in [1.165, 1.54) is 12.8 Å². The lowest BCUT2D eigenvalue weighted by molar-refractivity contribution is -0.132. The Kier molecular flexibility index (Phi) is 8.77. The topological polar surface area (TPSA) is 52.7 Å². The van der Waals surface area contributed by atoms with Crippen molar-refractivity contribution in [3.8, 4) is 0 Å². The van der Waals surface area contributed by atoms with Crippen LogP contribution in [0.4, 0.5) is 0 Å². The summed E-state index contributed by atoms with van der Waals surface area (Å²) in [5.74, 6) is 1.43. The Morgan fingerprint density at radius 3 is 2.50 bits per heavy atom. The van der Waals surface area contributed by atoms with Crippen molar-refractivity contribution in [1.29, 1.82) is 0 Å². The number of carbonyl (C=O) groups is 2. The van der Waals surface area contributed by atoms with Gasteiger partial charge in [0.2, 0.25) is 5.91 Å². The van der Waals surface area contributed by atoms with Gasteiger partial charge in [-0.1, -0.05) is 24.6 Å². The minimum Gasteiger partial charge on any atom is -0.341 e. The zero-order chi connectivity index (χ0) is 19.2. The van der Waals surface area contributed by atoms with Crippen LogP contribution in [0.2, 0.25) is 0 Å². The minimum absolute atomic E-state index is 0. The first-order chi connectivity index (χ1) is 13.0. The van der Waals surface area contributed by atoms with Crippen LogP contribution in [-0.2, 0) is 4.79 Å². The number of amides is 2. The molecule has 156 valence electrons. The number of aryl methyl sites for hydroxylation is 1. The van der Waals surface area contributed by atoms with Gasteiger partial charge in [0, 0.05) is 38.2 Å². The average Bonchev–Trinajstić information content (AvgIpc) is 2.94. The molecule has 2 aliphatic rings. The van der Waals surface area contributed by atoms with E-state index in [4.69, 9.17) is 0 Å². The molecule has 0 saturated carbocycles. The van der Waals surface area contributed by atoms with Crippen LogP contribution in [0.5, 0.6) is 0 Å². The molecule has 0 bridgehead atoms. The average molecular weight is 408 g/mol. The molecule has 2 aliphatic heterocycles. The van der Waals surface area contributed by atoms with Crippen molar-refractivity contribution < 1.29 is 9.59 Å². The van der Waals surface area contributed by atoms with Crippen LogP contribution in [0.3, 0.4) is 0 Å². The molecular formula is C22H34ClN3O2. The highest BCUT2D eigenvalue weighted by Crippen LogP contribution is 2.25. The molecule has 2 saturated heterocycles. The van der Waals surface area contributed by atoms with Crippen molar-refractivity contribution in [2.75, 3.05) is 39.3 Å². The molecule has 1 aromatic rings. The van der Waals surface area contributed by atoms with Gasteiger partial charge in [-0.3, -0.25) is 9.59 Å². The maximum Gasteiger partial charge on any atom is 0.253 e. The van der Waals surface area contributed by atoms with Crippen molar-refractivity contribution in [3.63, 3.8) is 0 Å². The summed E-state index contributed by atoms with van der Waals surface area (Å²) in [5, 5.41) is 3.39. The van der Waals surface area contributed by atoms with Gasteiger partial charge >= 0.3 is 0 Å². The van der Waals surface area contributed by atoms with Gasteiger partial charge in [-0.05, 0) is 63.2 Å². The number of nitrogens with zero attached hydrogens (tertiary/aromatic N) is 2. The largest absolute Gasteiger partial charge is 0.341 e. The molecule has 1 aromatic carbocycles. The normalized spacial score (nSPS) is 19.5. The number of nitrogens with one attached hydrogen (secondary N) is 1. The molecule has 2 amide bonds. The van der Waals surface area contributed by atoms with Gasteiger partial charge in [0.05, 0.1) is 0 Å². The summed E-state index contributed by atoms with van der Waals surface area (Å²) in [5.41, 5.74) is 1.84. The molecule has 2 heterocycles. The van der Waals surface area contributed by atoms with E-state index in [1.54, 1.807) is 0 Å². The summed E-state index contributed by atoms with van der Waals surface area (Å²) in [6.45, 7) is 9.12. The number of halogens is 1. The molecule has 5 nitrogen and oxygen atoms in total. The van der Waals surface area contributed by atoms with Gasteiger partial charge in [-0.25, -0.2) is 0 Å². The van der Waals surface area contributed by atoms with E-state index in [2.05, 4.69) is 12.2 Å². The Bertz CT molecular complexity index is 661. The predicted molar refractivity (Wildman–Crippen MR) is 115 cm³/mol. The third kappa shape index (κ3) is 5.95. The Labute approximate surface area is 175 Å². The summed E-state index contributed by atoms with van der Waals surface area (Å²) >= 11 is 0. The number of hydrogen-bond donors (Lipinski definition) is 1. The van der Waals surface area contributed by atoms with Crippen LogP contribution in [0.1, 0.15) is 48.5 Å². The van der Waals surface area contributed by atoms with Gasteiger partial charge in [-0.2, -0.15) is 0 Å². The lowest BCUT2D eigenvalue weighted by Crippen LogP contribution is -2.39. The number of piperidine rings is 1. The van der Waals surface area contributed by atoms with Gasteiger partial charge in [0.1, 0.15) is 0 Å². The van der Waals surface area contributed by atoms with Crippen molar-refractivity contribution >= 4 is 24.2 Å². The van der Waals surface area contributed by atoms with Crippen LogP contribution in [0.25, 0.3) is 0 Å². The Balaban J connectivity index is 0.00000280. The van der Waals surface area contributed by atoms with Crippen LogP contribution >= 0.6 is 12.4 Å². The fourth-order valence-corrected chi connectivity index (χ4v) is 4.32. The second-order valence-corrected chi connectivity index (χ2v) is 8.16. The molecule has 0 aliphatic carbocycles. The highest BCUT2D eigenvalue weighted by atomic mass is 35.5. The quantitative estimate of drug-likeness (QED) is 0.834. The van der Waals surface area contributed by atoms with E-state index >= 15 is 0 Å². The van der Waals surface area contributed by atoms with Gasteiger partial charge in [0.15, 0.2) is 0 Å². The van der Waals surface area contributed by atoms with E-state index in [0.717, 1.165) is 43.7 Å². The van der Waals surface area contributed by atoms with Gasteiger partial charge < -0.3 is 15.1 Å². The molecule has 0 aromatic heterocycles. The molecule has 1 N–H and O–H groups in total. The summed E-state index contributed by atoms with van der Waals surface area (Å²) < 4.78 is 0. The number of benzene rings is 1. The number of carbonyl (C=O) groups excluding carboxylic acids is 2. The second kappa shape index (κ2) is 10.8. The molecule has 28 heavy (non-hydrogen) atoms. The zero-order valence-electron chi connectivity index (χ0n) is 17.2. The Morgan fingerprint density at radius 1 is 1.11 bits per heavy atom. The summed E-state index contributed by atoms with van der Waals surface area (Å²) in [7, 11) is 0. The van der Waals surface area contributed by atoms with Crippen LogP contribution in [-0.4, -0.2) is 60.9 Å². The Morgan fingerprint density at radius 2 is 1.79 bits per heavy atom. The number of hydrogen-bond acceptors (Lipinski definition) is 3. The second-order valence-electron chi connectivity index (χ2n) is 8.16. The molecule has 3 rings (SSSR count). The summed E-state index contributed by atoms with van der Waals surface area (Å²) in [4.78, 5) is 29.5. The molecule has 0 radical (unpaired) electrons. The maximum atomic E-state index is 12.8. The van der Waals surface area contributed by atoms with Crippen molar-refractivity contribution in [1.82, 2.24) is 15.1 Å². The highest BCUT2D eigenvalue weighted by Gasteiger charge is 2.26. The van der Waals surface area contributed by atoms with Crippen LogP contribution in [0, 0.1) is 18.8 Å². The lowest BCUT2D eigenvalue weighted by atomic mass is 9.84. The fraction of sp³-hybridized carbons (Fsp3) is 0.636. The standard InChI is InChI=1S/C22H33N3O2.ClH/c1-17-5-3-6-20(15-17)22(27)25-12-4-11-24(13-14-25)21(26)16-18(2)19-7-9-23-10-8-19;/h3,5-6,15,18-19,23H,4,7-14,16H2,1-2H3;1H. The van der Waals surface area contributed by atoms with Crippen LogP contribution < -0.4 is 5.32 Å². The minimum atomic E-state index is 0. The zero-order valence-corrected chi connectivity index (χ0v) is 18.0. The molecular weight excluding hydrogens is 374 g/mol. The van der Waals surface area contributed by atoms with Gasteiger partial charge in [-0.15, -0.1) is 12.4 Å². The summed E-state index contributed by atoms with van der Waals surface area (Å²) in [6.07, 6.45) is 3.84. The smallest absolute Gasteiger partial charge is 0.253 e. The third-order valence-electron chi connectivity index (χ3n) is 6.09. The first-order valence-electron chi connectivity index (χ1n) is 10.4. The first kappa shape index (κ1) is 22.7. The van der Waals surface area contributed by atoms with Crippen LogP contribution in [0.15, 0.2) is 24.3 Å². The lowest BCUT2D eigenvalue weighted by Gasteiger charge is -2.30. The highest BCUT2D eigenvalue weighted by molar-refractivity contribution is 5.94. The molecule has 0 spiro atoms. The van der Waals surface area contributed by atoms with E-state index in [-0.39, 0.29) is 24.2 Å². The van der Waals surface area contributed by atoms with Crippen molar-refractivity contribution in [2.24, 2.45) is 11.8 Å². The SMILES string of the molecule is Cc1cccc(C(=O)N2CCCN(C(=O)CC(C)C3CCNCC3)CC2)c1.Cl. The molecule has 6 heteroatoms. The van der Waals surface area contributed by atoms with E-state index < -0.39 is 0 Å². The Hall–Kier alpha value is -1.59.